The number of hydrogen-bond donors (Lipinski definition) is 1. The van der Waals surface area contributed by atoms with Gasteiger partial charge in [0.15, 0.2) is 4.77 Å². The highest BCUT2D eigenvalue weighted by Gasteiger charge is 2.25. The largest absolute Gasteiger partial charge is 0.376 e. The molecule has 2 atom stereocenters. The third kappa shape index (κ3) is 2.13. The molecule has 0 radical (unpaired) electrons. The Labute approximate surface area is 116 Å². The molecule has 3 rings (SSSR count). The second-order valence-electron chi connectivity index (χ2n) is 4.94. The van der Waals surface area contributed by atoms with Gasteiger partial charge in [0.2, 0.25) is 0 Å². The summed E-state index contributed by atoms with van der Waals surface area (Å²) in [4.78, 5) is 15.7. The molecule has 0 saturated carbocycles. The third-order valence-corrected chi connectivity index (χ3v) is 4.05. The molecule has 4 nitrogen and oxygen atoms in total. The Morgan fingerprint density at radius 3 is 3.00 bits per heavy atom. The lowest BCUT2D eigenvalue weighted by Crippen LogP contribution is -2.31. The molecule has 19 heavy (non-hydrogen) atoms. The van der Waals surface area contributed by atoms with Crippen LogP contribution in [0.5, 0.6) is 0 Å². The summed E-state index contributed by atoms with van der Waals surface area (Å²) in [5, 5.41) is 0.668. The highest BCUT2D eigenvalue weighted by atomic mass is 32.1. The minimum absolute atomic E-state index is 0.0386. The number of aromatic nitrogens is 2. The Morgan fingerprint density at radius 1 is 1.47 bits per heavy atom. The van der Waals surface area contributed by atoms with Crippen LogP contribution in [-0.4, -0.2) is 22.3 Å². The van der Waals surface area contributed by atoms with Crippen LogP contribution in [0.3, 0.4) is 0 Å². The van der Waals surface area contributed by atoms with E-state index in [1.807, 2.05) is 31.2 Å². The van der Waals surface area contributed by atoms with Gasteiger partial charge in [0.05, 0.1) is 23.0 Å². The molecule has 1 aliphatic heterocycles. The molecule has 1 fully saturated rings. The first-order chi connectivity index (χ1) is 9.18. The van der Waals surface area contributed by atoms with Crippen LogP contribution < -0.4 is 5.56 Å². The first-order valence-corrected chi connectivity index (χ1v) is 6.94. The summed E-state index contributed by atoms with van der Waals surface area (Å²) in [6.07, 6.45) is 2.11. The van der Waals surface area contributed by atoms with E-state index in [-0.39, 0.29) is 17.7 Å². The average Bonchev–Trinajstić information content (AvgIpc) is 2.92. The highest BCUT2D eigenvalue weighted by Crippen LogP contribution is 2.23. The van der Waals surface area contributed by atoms with Crippen LogP contribution >= 0.6 is 12.2 Å². The first kappa shape index (κ1) is 12.6. The fourth-order valence-corrected chi connectivity index (χ4v) is 3.05. The molecule has 2 heterocycles. The molecule has 2 unspecified atom stereocenters. The van der Waals surface area contributed by atoms with E-state index in [1.54, 1.807) is 4.57 Å². The van der Waals surface area contributed by atoms with Gasteiger partial charge in [0.25, 0.3) is 5.56 Å². The van der Waals surface area contributed by atoms with Crippen molar-refractivity contribution >= 4 is 23.1 Å². The summed E-state index contributed by atoms with van der Waals surface area (Å²) in [5.41, 5.74) is 0.746. The monoisotopic (exact) mass is 276 g/mol. The second kappa shape index (κ2) is 4.90. The van der Waals surface area contributed by atoms with Gasteiger partial charge in [-0.2, -0.15) is 0 Å². The smallest absolute Gasteiger partial charge is 0.262 e. The van der Waals surface area contributed by atoms with Crippen molar-refractivity contribution in [2.45, 2.75) is 31.9 Å². The number of ether oxygens (including phenoxy) is 1. The van der Waals surface area contributed by atoms with Gasteiger partial charge in [-0.05, 0) is 44.1 Å². The van der Waals surface area contributed by atoms with Crippen LogP contribution in [0, 0.1) is 4.77 Å². The number of para-hydroxylation sites is 1. The number of nitrogens with zero attached hydrogens (tertiary/aromatic N) is 1. The van der Waals surface area contributed by atoms with Gasteiger partial charge in [-0.1, -0.05) is 12.1 Å². The maximum Gasteiger partial charge on any atom is 0.262 e. The van der Waals surface area contributed by atoms with Gasteiger partial charge in [-0.3, -0.25) is 9.36 Å². The van der Waals surface area contributed by atoms with E-state index in [0.717, 1.165) is 25.0 Å². The highest BCUT2D eigenvalue weighted by molar-refractivity contribution is 7.71. The molecular weight excluding hydrogens is 260 g/mol. The molecule has 0 bridgehead atoms. The Kier molecular flexibility index (Phi) is 3.24. The lowest BCUT2D eigenvalue weighted by Gasteiger charge is -2.21. The average molecular weight is 276 g/mol. The summed E-state index contributed by atoms with van der Waals surface area (Å²) in [6.45, 7) is 2.77. The molecule has 1 N–H and O–H groups in total. The van der Waals surface area contributed by atoms with Gasteiger partial charge in [-0.25, -0.2) is 0 Å². The number of benzene rings is 1. The quantitative estimate of drug-likeness (QED) is 0.858. The van der Waals surface area contributed by atoms with Crippen molar-refractivity contribution in [1.82, 2.24) is 9.55 Å². The Balaban J connectivity index is 2.18. The fraction of sp³-hybridized carbons (Fsp3) is 0.429. The summed E-state index contributed by atoms with van der Waals surface area (Å²) >= 11 is 5.33. The summed E-state index contributed by atoms with van der Waals surface area (Å²) in [5.74, 6) is 0. The number of aromatic amines is 1. The summed E-state index contributed by atoms with van der Waals surface area (Å²) < 4.78 is 7.78. The predicted octanol–water partition coefficient (Wildman–Crippen LogP) is 2.80. The normalized spacial score (nSPS) is 20.8. The van der Waals surface area contributed by atoms with Crippen LogP contribution in [0.15, 0.2) is 29.1 Å². The SMILES string of the molecule is CC(C1CCCO1)n1c(=S)[nH]c2ccccc2c1=O. The molecule has 100 valence electrons. The Bertz CT molecular complexity index is 713. The van der Waals surface area contributed by atoms with E-state index in [9.17, 15) is 4.79 Å². The molecule has 0 amide bonds. The standard InChI is InChI=1S/C14H16N2O2S/c1-9(12-7-4-8-18-12)16-13(17)10-5-2-3-6-11(10)15-14(16)19/h2-3,5-6,9,12H,4,7-8H2,1H3,(H,15,19). The van der Waals surface area contributed by atoms with E-state index < -0.39 is 0 Å². The van der Waals surface area contributed by atoms with Gasteiger partial charge < -0.3 is 9.72 Å². The predicted molar refractivity (Wildman–Crippen MR) is 77.1 cm³/mol. The van der Waals surface area contributed by atoms with Crippen molar-refractivity contribution in [1.29, 1.82) is 0 Å². The van der Waals surface area contributed by atoms with Crippen molar-refractivity contribution in [3.8, 4) is 0 Å². The van der Waals surface area contributed by atoms with Crippen LogP contribution in [0.2, 0.25) is 0 Å². The van der Waals surface area contributed by atoms with Crippen LogP contribution in [0.25, 0.3) is 10.9 Å². The van der Waals surface area contributed by atoms with Crippen molar-refractivity contribution in [3.63, 3.8) is 0 Å². The van der Waals surface area contributed by atoms with Crippen molar-refractivity contribution in [3.05, 3.63) is 39.4 Å². The maximum atomic E-state index is 12.6. The van der Waals surface area contributed by atoms with Gasteiger partial charge in [-0.15, -0.1) is 0 Å². The molecular formula is C14H16N2O2S. The molecule has 0 aliphatic carbocycles. The Hall–Kier alpha value is -1.46. The molecule has 0 spiro atoms. The summed E-state index contributed by atoms with van der Waals surface area (Å²) in [6, 6.07) is 7.40. The Morgan fingerprint density at radius 2 is 2.26 bits per heavy atom. The number of nitrogens with one attached hydrogen (secondary N) is 1. The zero-order valence-electron chi connectivity index (χ0n) is 10.8. The van der Waals surface area contributed by atoms with E-state index in [2.05, 4.69) is 4.98 Å². The van der Waals surface area contributed by atoms with Crippen LogP contribution in [0.4, 0.5) is 0 Å². The number of rotatable bonds is 2. The molecule has 5 heteroatoms. The molecule has 1 aliphatic rings. The lowest BCUT2D eigenvalue weighted by atomic mass is 10.1. The molecule has 2 aromatic rings. The maximum absolute atomic E-state index is 12.6. The van der Waals surface area contributed by atoms with Crippen LogP contribution in [-0.2, 0) is 4.74 Å². The van der Waals surface area contributed by atoms with Crippen molar-refractivity contribution < 1.29 is 4.74 Å². The van der Waals surface area contributed by atoms with Crippen molar-refractivity contribution in [2.75, 3.05) is 6.61 Å². The topological polar surface area (TPSA) is 47.0 Å². The van der Waals surface area contributed by atoms with E-state index >= 15 is 0 Å². The third-order valence-electron chi connectivity index (χ3n) is 3.75. The zero-order valence-corrected chi connectivity index (χ0v) is 11.6. The van der Waals surface area contributed by atoms with Gasteiger partial charge in [0.1, 0.15) is 0 Å². The van der Waals surface area contributed by atoms with Crippen molar-refractivity contribution in [2.24, 2.45) is 0 Å². The fourth-order valence-electron chi connectivity index (χ4n) is 2.70. The van der Waals surface area contributed by atoms with E-state index in [1.165, 1.54) is 0 Å². The van der Waals surface area contributed by atoms with Crippen LogP contribution in [0.1, 0.15) is 25.8 Å². The number of fused-ring (bicyclic) bond motifs is 1. The van der Waals surface area contributed by atoms with E-state index in [0.29, 0.717) is 10.2 Å². The molecule has 1 aromatic carbocycles. The second-order valence-corrected chi connectivity index (χ2v) is 5.33. The van der Waals surface area contributed by atoms with E-state index in [4.69, 9.17) is 17.0 Å². The zero-order chi connectivity index (χ0) is 13.4. The lowest BCUT2D eigenvalue weighted by molar-refractivity contribution is 0.0715. The first-order valence-electron chi connectivity index (χ1n) is 6.53. The number of H-pyrrole nitrogens is 1. The summed E-state index contributed by atoms with van der Waals surface area (Å²) in [7, 11) is 0. The van der Waals surface area contributed by atoms with Gasteiger partial charge >= 0.3 is 0 Å². The number of hydrogen-bond acceptors (Lipinski definition) is 3. The minimum Gasteiger partial charge on any atom is -0.376 e. The molecule has 1 saturated heterocycles. The van der Waals surface area contributed by atoms with Gasteiger partial charge in [0, 0.05) is 6.61 Å². The molecule has 1 aromatic heterocycles. The minimum atomic E-state index is -0.0395.